The Bertz CT molecular complexity index is 437. The van der Waals surface area contributed by atoms with Crippen LogP contribution in [0.3, 0.4) is 0 Å². The minimum Gasteiger partial charge on any atom is -0.472 e. The van der Waals surface area contributed by atoms with Gasteiger partial charge in [0.25, 0.3) is 10.2 Å². The molecule has 0 saturated heterocycles. The summed E-state index contributed by atoms with van der Waals surface area (Å²) in [5, 5.41) is 0. The van der Waals surface area contributed by atoms with E-state index in [1.165, 1.54) is 10.6 Å². The zero-order chi connectivity index (χ0) is 12.3. The maximum absolute atomic E-state index is 12.0. The van der Waals surface area contributed by atoms with Crippen LogP contribution in [-0.2, 0) is 16.8 Å². The molecule has 5 nitrogen and oxygen atoms in total. The summed E-state index contributed by atoms with van der Waals surface area (Å²) in [5.74, 6) is 0.556. The highest BCUT2D eigenvalue weighted by Crippen LogP contribution is 2.30. The average molecular weight is 258 g/mol. The molecule has 1 aromatic rings. The average Bonchev–Trinajstić information content (AvgIpc) is 2.96. The highest BCUT2D eigenvalue weighted by Gasteiger charge is 2.29. The van der Waals surface area contributed by atoms with Gasteiger partial charge in [-0.05, 0) is 24.8 Å². The lowest BCUT2D eigenvalue weighted by atomic mass is 10.4. The van der Waals surface area contributed by atoms with E-state index in [1.54, 1.807) is 12.3 Å². The standard InChI is InChI=1S/C11H18N2O3S/c1-2-13(8-10-3-4-10)17(14,15)12-7-11-5-6-16-9-11/h5-6,9-10,12H,2-4,7-8H2,1H3. The molecule has 0 aliphatic heterocycles. The number of hydrogen-bond donors (Lipinski definition) is 1. The van der Waals surface area contributed by atoms with Gasteiger partial charge >= 0.3 is 0 Å². The van der Waals surface area contributed by atoms with Crippen LogP contribution in [0.4, 0.5) is 0 Å². The van der Waals surface area contributed by atoms with Crippen molar-refractivity contribution in [3.8, 4) is 0 Å². The normalized spacial score (nSPS) is 16.6. The van der Waals surface area contributed by atoms with Crippen molar-refractivity contribution in [2.45, 2.75) is 26.3 Å². The van der Waals surface area contributed by atoms with Gasteiger partial charge in [0, 0.05) is 25.2 Å². The van der Waals surface area contributed by atoms with Crippen LogP contribution in [0.5, 0.6) is 0 Å². The third-order valence-corrected chi connectivity index (χ3v) is 4.49. The summed E-state index contributed by atoms with van der Waals surface area (Å²) in [6, 6.07) is 1.75. The molecular weight excluding hydrogens is 240 g/mol. The lowest BCUT2D eigenvalue weighted by Gasteiger charge is -2.20. The van der Waals surface area contributed by atoms with Gasteiger partial charge in [0.05, 0.1) is 12.5 Å². The summed E-state index contributed by atoms with van der Waals surface area (Å²) < 4.78 is 33.0. The number of furan rings is 1. The zero-order valence-electron chi connectivity index (χ0n) is 9.93. The molecule has 1 saturated carbocycles. The first kappa shape index (κ1) is 12.6. The molecule has 0 unspecified atom stereocenters. The smallest absolute Gasteiger partial charge is 0.279 e. The lowest BCUT2D eigenvalue weighted by molar-refractivity contribution is 0.403. The van der Waals surface area contributed by atoms with E-state index < -0.39 is 10.2 Å². The molecule has 1 aromatic heterocycles. The molecule has 0 atom stereocenters. The van der Waals surface area contributed by atoms with Crippen molar-refractivity contribution in [1.82, 2.24) is 9.03 Å². The van der Waals surface area contributed by atoms with Crippen LogP contribution in [0.25, 0.3) is 0 Å². The monoisotopic (exact) mass is 258 g/mol. The minimum atomic E-state index is -3.36. The van der Waals surface area contributed by atoms with Crippen LogP contribution in [-0.4, -0.2) is 25.8 Å². The molecule has 6 heteroatoms. The Labute approximate surface area is 102 Å². The first-order valence-electron chi connectivity index (χ1n) is 5.87. The molecule has 0 radical (unpaired) electrons. The van der Waals surface area contributed by atoms with E-state index in [0.29, 0.717) is 19.0 Å². The predicted molar refractivity (Wildman–Crippen MR) is 64.4 cm³/mol. The molecule has 1 heterocycles. The maximum atomic E-state index is 12.0. The summed E-state index contributed by atoms with van der Waals surface area (Å²) in [6.07, 6.45) is 5.37. The highest BCUT2D eigenvalue weighted by atomic mass is 32.2. The third-order valence-electron chi connectivity index (χ3n) is 2.89. The number of nitrogens with one attached hydrogen (secondary N) is 1. The Hall–Kier alpha value is -0.850. The molecule has 1 fully saturated rings. The molecule has 0 aromatic carbocycles. The number of rotatable bonds is 7. The van der Waals surface area contributed by atoms with E-state index in [0.717, 1.165) is 18.4 Å². The highest BCUT2D eigenvalue weighted by molar-refractivity contribution is 7.87. The van der Waals surface area contributed by atoms with Crippen molar-refractivity contribution in [1.29, 1.82) is 0 Å². The van der Waals surface area contributed by atoms with Crippen molar-refractivity contribution in [3.05, 3.63) is 24.2 Å². The van der Waals surface area contributed by atoms with Crippen molar-refractivity contribution in [2.75, 3.05) is 13.1 Å². The van der Waals surface area contributed by atoms with Crippen LogP contribution in [0, 0.1) is 5.92 Å². The molecule has 17 heavy (non-hydrogen) atoms. The topological polar surface area (TPSA) is 62.6 Å². The first-order chi connectivity index (χ1) is 8.12. The van der Waals surface area contributed by atoms with Gasteiger partial charge in [-0.1, -0.05) is 6.92 Å². The van der Waals surface area contributed by atoms with Gasteiger partial charge in [-0.3, -0.25) is 0 Å². The fourth-order valence-corrected chi connectivity index (χ4v) is 2.92. The Morgan fingerprint density at radius 1 is 1.53 bits per heavy atom. The summed E-state index contributed by atoms with van der Waals surface area (Å²) >= 11 is 0. The van der Waals surface area contributed by atoms with Gasteiger partial charge in [-0.15, -0.1) is 0 Å². The Kier molecular flexibility index (Phi) is 3.86. The van der Waals surface area contributed by atoms with E-state index in [9.17, 15) is 8.42 Å². The van der Waals surface area contributed by atoms with Gasteiger partial charge < -0.3 is 4.42 Å². The number of hydrogen-bond acceptors (Lipinski definition) is 3. The van der Waals surface area contributed by atoms with Gasteiger partial charge in [0.15, 0.2) is 0 Å². The summed E-state index contributed by atoms with van der Waals surface area (Å²) in [5.41, 5.74) is 0.830. The first-order valence-corrected chi connectivity index (χ1v) is 7.31. The van der Waals surface area contributed by atoms with Gasteiger partial charge in [0.1, 0.15) is 0 Å². The van der Waals surface area contributed by atoms with Crippen molar-refractivity contribution >= 4 is 10.2 Å². The fourth-order valence-electron chi connectivity index (χ4n) is 1.64. The van der Waals surface area contributed by atoms with Gasteiger partial charge in [0.2, 0.25) is 0 Å². The SMILES string of the molecule is CCN(CC1CC1)S(=O)(=O)NCc1ccoc1. The zero-order valence-corrected chi connectivity index (χ0v) is 10.7. The molecule has 2 rings (SSSR count). The maximum Gasteiger partial charge on any atom is 0.279 e. The van der Waals surface area contributed by atoms with Crippen LogP contribution in [0.1, 0.15) is 25.3 Å². The second-order valence-corrected chi connectivity index (χ2v) is 6.11. The molecule has 96 valence electrons. The second-order valence-electron chi connectivity index (χ2n) is 4.35. The van der Waals surface area contributed by atoms with E-state index in [1.807, 2.05) is 6.92 Å². The van der Waals surface area contributed by atoms with E-state index >= 15 is 0 Å². The van der Waals surface area contributed by atoms with Crippen LogP contribution in [0.15, 0.2) is 23.0 Å². The van der Waals surface area contributed by atoms with Gasteiger partial charge in [-0.25, -0.2) is 0 Å². The van der Waals surface area contributed by atoms with E-state index in [4.69, 9.17) is 4.42 Å². The predicted octanol–water partition coefficient (Wildman–Crippen LogP) is 1.35. The van der Waals surface area contributed by atoms with Crippen molar-refractivity contribution in [2.24, 2.45) is 5.92 Å². The molecule has 0 spiro atoms. The molecule has 0 amide bonds. The lowest BCUT2D eigenvalue weighted by Crippen LogP contribution is -2.41. The summed E-state index contributed by atoms with van der Waals surface area (Å²) in [6.45, 7) is 3.29. The Balaban J connectivity index is 1.91. The summed E-state index contributed by atoms with van der Waals surface area (Å²) in [4.78, 5) is 0. The fraction of sp³-hybridized carbons (Fsp3) is 0.636. The largest absolute Gasteiger partial charge is 0.472 e. The number of nitrogens with zero attached hydrogens (tertiary/aromatic N) is 1. The van der Waals surface area contributed by atoms with Crippen molar-refractivity contribution < 1.29 is 12.8 Å². The molecule has 1 N–H and O–H groups in total. The van der Waals surface area contributed by atoms with Crippen LogP contribution >= 0.6 is 0 Å². The van der Waals surface area contributed by atoms with Crippen molar-refractivity contribution in [3.63, 3.8) is 0 Å². The van der Waals surface area contributed by atoms with Crippen LogP contribution < -0.4 is 4.72 Å². The van der Waals surface area contributed by atoms with Crippen LogP contribution in [0.2, 0.25) is 0 Å². The molecule has 0 bridgehead atoms. The molecule has 1 aliphatic rings. The molecule has 1 aliphatic carbocycles. The van der Waals surface area contributed by atoms with Gasteiger partial charge in [-0.2, -0.15) is 17.4 Å². The van der Waals surface area contributed by atoms with E-state index in [2.05, 4.69) is 4.72 Å². The molecular formula is C11H18N2O3S. The third kappa shape index (κ3) is 3.55. The van der Waals surface area contributed by atoms with E-state index in [-0.39, 0.29) is 6.54 Å². The summed E-state index contributed by atoms with van der Waals surface area (Å²) in [7, 11) is -3.36. The Morgan fingerprint density at radius 3 is 2.82 bits per heavy atom. The second kappa shape index (κ2) is 5.20. The quantitative estimate of drug-likeness (QED) is 0.803. The minimum absolute atomic E-state index is 0.278. The Morgan fingerprint density at radius 2 is 2.29 bits per heavy atom.